The Morgan fingerprint density at radius 1 is 0.268 bits per heavy atom. The number of hydrogen-bond acceptors (Lipinski definition) is 5. The summed E-state index contributed by atoms with van der Waals surface area (Å²) >= 11 is 3.69. The molecule has 5 heteroatoms. The molecule has 13 aromatic rings. The lowest BCUT2D eigenvalue weighted by molar-refractivity contribution is 1.26. The van der Waals surface area contributed by atoms with Gasteiger partial charge in [-0.25, -0.2) is 0 Å². The van der Waals surface area contributed by atoms with E-state index in [0.29, 0.717) is 0 Å². The van der Waals surface area contributed by atoms with Crippen molar-refractivity contribution in [2.75, 3.05) is 14.7 Å². The highest BCUT2D eigenvalue weighted by Gasteiger charge is 2.24. The Morgan fingerprint density at radius 3 is 1.41 bits per heavy atom. The van der Waals surface area contributed by atoms with Crippen LogP contribution in [-0.4, -0.2) is 0 Å². The zero-order valence-corrected chi connectivity index (χ0v) is 40.3. The Kier molecular flexibility index (Phi) is 10.9. The van der Waals surface area contributed by atoms with Crippen LogP contribution in [0.25, 0.3) is 63.3 Å². The highest BCUT2D eigenvalue weighted by molar-refractivity contribution is 7.26. The molecule has 0 spiro atoms. The maximum absolute atomic E-state index is 2.47. The Bertz CT molecular complexity index is 3960. The van der Waals surface area contributed by atoms with Crippen molar-refractivity contribution in [2.45, 2.75) is 0 Å². The molecule has 0 saturated heterocycles. The van der Waals surface area contributed by atoms with E-state index in [9.17, 15) is 0 Å². The smallest absolute Gasteiger partial charge is 0.101 e. The lowest BCUT2D eigenvalue weighted by Gasteiger charge is -2.30. The van der Waals surface area contributed by atoms with Gasteiger partial charge in [-0.2, -0.15) is 0 Å². The summed E-state index contributed by atoms with van der Waals surface area (Å²) in [4.78, 5) is 8.47. The minimum Gasteiger partial charge on any atom is -0.310 e. The van der Waals surface area contributed by atoms with E-state index in [-0.39, 0.29) is 0 Å². The molecule has 0 aliphatic rings. The van der Waals surface area contributed by atoms with Crippen molar-refractivity contribution in [1.29, 1.82) is 0 Å². The molecule has 0 radical (unpaired) electrons. The third kappa shape index (κ3) is 7.88. The molecule has 71 heavy (non-hydrogen) atoms. The maximum atomic E-state index is 2.47. The molecule has 0 aliphatic carbocycles. The van der Waals surface area contributed by atoms with Gasteiger partial charge in [0.2, 0.25) is 0 Å². The van der Waals surface area contributed by atoms with E-state index in [4.69, 9.17) is 0 Å². The summed E-state index contributed by atoms with van der Waals surface area (Å²) in [6, 6.07) is 99.1. The lowest BCUT2D eigenvalue weighted by atomic mass is 9.98. The average molecular weight is 944 g/mol. The van der Waals surface area contributed by atoms with Gasteiger partial charge in [-0.3, -0.25) is 0 Å². The molecule has 13 rings (SSSR count). The number of nitrogens with zero attached hydrogens (tertiary/aromatic N) is 3. The first-order chi connectivity index (χ1) is 35.2. The van der Waals surface area contributed by atoms with Crippen LogP contribution in [0.2, 0.25) is 0 Å². The van der Waals surface area contributed by atoms with Crippen molar-refractivity contribution in [3.63, 3.8) is 0 Å². The molecule has 0 aliphatic heterocycles. The van der Waals surface area contributed by atoms with Crippen LogP contribution in [0.3, 0.4) is 0 Å². The van der Waals surface area contributed by atoms with Gasteiger partial charge in [0, 0.05) is 60.2 Å². The molecule has 3 nitrogen and oxygen atoms in total. The van der Waals surface area contributed by atoms with Crippen molar-refractivity contribution < 1.29 is 0 Å². The Morgan fingerprint density at radius 2 is 0.761 bits per heavy atom. The van der Waals surface area contributed by atoms with Gasteiger partial charge in [-0.1, -0.05) is 170 Å². The van der Waals surface area contributed by atoms with Gasteiger partial charge in [-0.15, -0.1) is 22.7 Å². The molecule has 0 N–H and O–H groups in total. The minimum atomic E-state index is 1.05. The quantitative estimate of drug-likeness (QED) is 0.128. The van der Waals surface area contributed by atoms with E-state index in [2.05, 4.69) is 288 Å². The predicted molar refractivity (Wildman–Crippen MR) is 307 cm³/mol. The van der Waals surface area contributed by atoms with Crippen molar-refractivity contribution >= 4 is 115 Å². The molecule has 0 fully saturated rings. The second-order valence-corrected chi connectivity index (χ2v) is 19.8. The molecular formula is C66H45N3S2. The van der Waals surface area contributed by atoms with E-state index in [1.807, 2.05) is 11.3 Å². The second kappa shape index (κ2) is 18.3. The van der Waals surface area contributed by atoms with E-state index >= 15 is 0 Å². The summed E-state index contributed by atoms with van der Waals surface area (Å²) in [6.45, 7) is 0. The summed E-state index contributed by atoms with van der Waals surface area (Å²) in [7, 11) is 0. The number of rotatable bonds is 11. The van der Waals surface area contributed by atoms with Crippen LogP contribution in [0, 0.1) is 0 Å². The largest absolute Gasteiger partial charge is 0.310 e. The van der Waals surface area contributed by atoms with Crippen LogP contribution in [-0.2, 0) is 0 Å². The van der Waals surface area contributed by atoms with E-state index in [1.165, 1.54) is 52.2 Å². The van der Waals surface area contributed by atoms with Crippen LogP contribution in [0.4, 0.5) is 50.5 Å². The van der Waals surface area contributed by atoms with Gasteiger partial charge >= 0.3 is 0 Å². The van der Waals surface area contributed by atoms with E-state index in [0.717, 1.165) is 61.6 Å². The fourth-order valence-corrected chi connectivity index (χ4v) is 12.5. The summed E-state index contributed by atoms with van der Waals surface area (Å²) in [5.41, 5.74) is 12.1. The monoisotopic (exact) mass is 943 g/mol. The molecule has 0 bridgehead atoms. The maximum Gasteiger partial charge on any atom is 0.101 e. The third-order valence-corrected chi connectivity index (χ3v) is 15.7. The highest BCUT2D eigenvalue weighted by Crippen LogP contribution is 2.51. The zero-order chi connectivity index (χ0) is 47.1. The van der Waals surface area contributed by atoms with Crippen LogP contribution in [0.15, 0.2) is 273 Å². The van der Waals surface area contributed by atoms with Gasteiger partial charge in [0.25, 0.3) is 0 Å². The molecule has 0 saturated carbocycles. The first-order valence-electron chi connectivity index (χ1n) is 24.0. The average Bonchev–Trinajstić information content (AvgIpc) is 4.10. The highest BCUT2D eigenvalue weighted by atomic mass is 32.1. The Hall–Kier alpha value is -8.74. The van der Waals surface area contributed by atoms with Crippen LogP contribution in [0.5, 0.6) is 0 Å². The molecule has 0 unspecified atom stereocenters. The summed E-state index contributed by atoms with van der Waals surface area (Å²) in [5, 5.41) is 8.77. The van der Waals surface area contributed by atoms with E-state index < -0.39 is 0 Å². The number of anilines is 9. The number of fused-ring (bicyclic) bond motifs is 7. The van der Waals surface area contributed by atoms with Crippen LogP contribution < -0.4 is 14.7 Å². The SMILES string of the molecule is c1ccc(-c2ccc(N(c3ccccc3)c3cc(-c4cccc(N(c5ccccc5)c5cc6ccccc6c6c5sc5ccc7ccccc7c56)c4)cc(N(c4ccccc4)c4ccccc4)c3)s2)cc1. The van der Waals surface area contributed by atoms with Gasteiger partial charge in [0.1, 0.15) is 5.00 Å². The van der Waals surface area contributed by atoms with Crippen molar-refractivity contribution in [3.8, 4) is 21.6 Å². The fourth-order valence-electron chi connectivity index (χ4n) is 10.2. The summed E-state index contributed by atoms with van der Waals surface area (Å²) in [5.74, 6) is 0. The molecular weight excluding hydrogens is 899 g/mol. The Labute approximate surface area is 421 Å². The summed E-state index contributed by atoms with van der Waals surface area (Å²) < 4.78 is 2.55. The van der Waals surface area contributed by atoms with Gasteiger partial charge < -0.3 is 14.7 Å². The minimum absolute atomic E-state index is 1.05. The molecule has 11 aromatic carbocycles. The topological polar surface area (TPSA) is 9.72 Å². The molecule has 336 valence electrons. The third-order valence-electron chi connectivity index (χ3n) is 13.4. The normalized spacial score (nSPS) is 11.4. The molecule has 0 amide bonds. The van der Waals surface area contributed by atoms with Gasteiger partial charge in [-0.05, 0) is 141 Å². The molecule has 2 heterocycles. The second-order valence-electron chi connectivity index (χ2n) is 17.7. The zero-order valence-electron chi connectivity index (χ0n) is 38.6. The molecule has 2 aromatic heterocycles. The first kappa shape index (κ1) is 42.4. The molecule has 0 atom stereocenters. The lowest BCUT2D eigenvalue weighted by Crippen LogP contribution is -2.13. The number of para-hydroxylation sites is 4. The van der Waals surface area contributed by atoms with Crippen molar-refractivity contribution in [1.82, 2.24) is 0 Å². The van der Waals surface area contributed by atoms with Crippen LogP contribution >= 0.6 is 22.7 Å². The number of benzene rings is 11. The van der Waals surface area contributed by atoms with Gasteiger partial charge in [0.15, 0.2) is 0 Å². The van der Waals surface area contributed by atoms with Crippen molar-refractivity contribution in [3.05, 3.63) is 273 Å². The summed E-state index contributed by atoms with van der Waals surface area (Å²) in [6.07, 6.45) is 0. The first-order valence-corrected chi connectivity index (χ1v) is 25.6. The Balaban J connectivity index is 1.04. The number of thiophene rings is 2. The van der Waals surface area contributed by atoms with Gasteiger partial charge in [0.05, 0.1) is 10.4 Å². The standard InChI is InChI=1S/C66H45N3S2/c1-6-22-47(23-7-1)61-39-40-63(70-61)69(54-32-14-5-15-33-54)57-43-50(42-56(45-57)67(51-26-8-2-9-27-51)52-28-10-3-11-29-52)48-25-20-34-55(41-48)68(53-30-12-4-13-31-53)60-44-49-24-17-19-36-59(49)65-64-58-35-18-16-21-46(58)37-38-62(64)71-66(60)65/h1-45H. The van der Waals surface area contributed by atoms with Crippen molar-refractivity contribution in [2.24, 2.45) is 0 Å². The predicted octanol–water partition coefficient (Wildman–Crippen LogP) is 20.2. The number of hydrogen-bond donors (Lipinski definition) is 0. The van der Waals surface area contributed by atoms with E-state index in [1.54, 1.807) is 11.3 Å². The fraction of sp³-hybridized carbons (Fsp3) is 0. The van der Waals surface area contributed by atoms with Crippen LogP contribution in [0.1, 0.15) is 0 Å².